The van der Waals surface area contributed by atoms with E-state index in [1.807, 2.05) is 23.6 Å². The van der Waals surface area contributed by atoms with Crippen LogP contribution >= 0.6 is 11.3 Å². The van der Waals surface area contributed by atoms with Gasteiger partial charge < -0.3 is 10.2 Å². The molecule has 1 aliphatic rings. The lowest BCUT2D eigenvalue weighted by Gasteiger charge is -2.20. The lowest BCUT2D eigenvalue weighted by molar-refractivity contribution is 0.484. The first-order chi connectivity index (χ1) is 10.7. The van der Waals surface area contributed by atoms with Gasteiger partial charge in [-0.25, -0.2) is 9.97 Å². The highest BCUT2D eigenvalue weighted by molar-refractivity contribution is 7.11. The lowest BCUT2D eigenvalue weighted by atomic mass is 10.2. The van der Waals surface area contributed by atoms with Crippen LogP contribution in [0.4, 0.5) is 5.82 Å². The number of nitrogens with one attached hydrogen (secondary N) is 1. The molecule has 22 heavy (non-hydrogen) atoms. The number of aromatic nitrogens is 2. The standard InChI is InChI=1S/C17H24N4S/c1-4-16-20-13(3)17(22-16)12(2)19-14-8-10-21(11-14)15-7-5-6-9-18-15/h5-7,9,12,14,19H,4,8,10-11H2,1-3H3/t12-,14+/m1/s1. The van der Waals surface area contributed by atoms with E-state index in [4.69, 9.17) is 0 Å². The van der Waals surface area contributed by atoms with Crippen molar-refractivity contribution in [2.75, 3.05) is 18.0 Å². The number of hydrogen-bond donors (Lipinski definition) is 1. The summed E-state index contributed by atoms with van der Waals surface area (Å²) in [6, 6.07) is 7.00. The molecule has 4 nitrogen and oxygen atoms in total. The molecule has 0 saturated carbocycles. The van der Waals surface area contributed by atoms with E-state index in [0.29, 0.717) is 12.1 Å². The van der Waals surface area contributed by atoms with Gasteiger partial charge in [-0.2, -0.15) is 0 Å². The Morgan fingerprint density at radius 1 is 1.45 bits per heavy atom. The van der Waals surface area contributed by atoms with E-state index in [1.54, 1.807) is 0 Å². The summed E-state index contributed by atoms with van der Waals surface area (Å²) in [4.78, 5) is 12.8. The molecule has 0 bridgehead atoms. The van der Waals surface area contributed by atoms with Crippen LogP contribution in [0.1, 0.15) is 41.9 Å². The van der Waals surface area contributed by atoms with Gasteiger partial charge in [0.2, 0.25) is 0 Å². The maximum absolute atomic E-state index is 4.65. The van der Waals surface area contributed by atoms with Crippen molar-refractivity contribution in [2.24, 2.45) is 0 Å². The monoisotopic (exact) mass is 316 g/mol. The fraction of sp³-hybridized carbons (Fsp3) is 0.529. The SMILES string of the molecule is CCc1nc(C)c([C@@H](C)N[C@H]2CCN(c3ccccn3)C2)s1. The molecule has 0 amide bonds. The third-order valence-electron chi connectivity index (χ3n) is 4.22. The average molecular weight is 316 g/mol. The van der Waals surface area contributed by atoms with E-state index in [1.165, 1.54) is 22.0 Å². The van der Waals surface area contributed by atoms with Crippen LogP contribution in [-0.4, -0.2) is 29.1 Å². The Kier molecular flexibility index (Phi) is 4.74. The molecule has 1 N–H and O–H groups in total. The lowest BCUT2D eigenvalue weighted by Crippen LogP contribution is -2.34. The predicted octanol–water partition coefficient (Wildman–Crippen LogP) is 3.34. The molecule has 5 heteroatoms. The van der Waals surface area contributed by atoms with Crippen molar-refractivity contribution >= 4 is 17.2 Å². The summed E-state index contributed by atoms with van der Waals surface area (Å²) in [6.45, 7) is 8.65. The molecule has 1 fully saturated rings. The average Bonchev–Trinajstić information content (AvgIpc) is 3.14. The van der Waals surface area contributed by atoms with E-state index in [0.717, 1.165) is 25.3 Å². The minimum absolute atomic E-state index is 0.367. The number of anilines is 1. The molecule has 0 aliphatic carbocycles. The van der Waals surface area contributed by atoms with Gasteiger partial charge in [-0.05, 0) is 38.8 Å². The predicted molar refractivity (Wildman–Crippen MR) is 92.6 cm³/mol. The zero-order valence-corrected chi connectivity index (χ0v) is 14.4. The first-order valence-corrected chi connectivity index (χ1v) is 8.87. The Labute approximate surface area is 136 Å². The summed E-state index contributed by atoms with van der Waals surface area (Å²) in [5, 5.41) is 5.01. The summed E-state index contributed by atoms with van der Waals surface area (Å²) in [5.74, 6) is 1.08. The van der Waals surface area contributed by atoms with E-state index < -0.39 is 0 Å². The topological polar surface area (TPSA) is 41.1 Å². The molecular formula is C17H24N4S. The van der Waals surface area contributed by atoms with Gasteiger partial charge in [0.1, 0.15) is 5.82 Å². The van der Waals surface area contributed by atoms with Gasteiger partial charge >= 0.3 is 0 Å². The maximum atomic E-state index is 4.65. The molecule has 2 aromatic rings. The molecule has 3 heterocycles. The van der Waals surface area contributed by atoms with E-state index in [-0.39, 0.29) is 0 Å². The van der Waals surface area contributed by atoms with E-state index in [9.17, 15) is 0 Å². The summed E-state index contributed by atoms with van der Waals surface area (Å²) in [6.07, 6.45) is 4.06. The summed E-state index contributed by atoms with van der Waals surface area (Å²) in [7, 11) is 0. The van der Waals surface area contributed by atoms with Gasteiger partial charge in [0.15, 0.2) is 0 Å². The van der Waals surface area contributed by atoms with Gasteiger partial charge in [-0.1, -0.05) is 13.0 Å². The van der Waals surface area contributed by atoms with Crippen LogP contribution in [0.3, 0.4) is 0 Å². The first-order valence-electron chi connectivity index (χ1n) is 8.05. The fourth-order valence-corrected chi connectivity index (χ4v) is 4.11. The van der Waals surface area contributed by atoms with Crippen LogP contribution in [0.5, 0.6) is 0 Å². The van der Waals surface area contributed by atoms with Crippen LogP contribution in [0.25, 0.3) is 0 Å². The fourth-order valence-electron chi connectivity index (χ4n) is 3.09. The Morgan fingerprint density at radius 3 is 3.00 bits per heavy atom. The number of aryl methyl sites for hydroxylation is 2. The van der Waals surface area contributed by atoms with Crippen LogP contribution in [0, 0.1) is 6.92 Å². The number of pyridine rings is 1. The smallest absolute Gasteiger partial charge is 0.128 e. The number of thiazole rings is 1. The Balaban J connectivity index is 1.61. The number of hydrogen-bond acceptors (Lipinski definition) is 5. The molecule has 0 radical (unpaired) electrons. The Hall–Kier alpha value is -1.46. The summed E-state index contributed by atoms with van der Waals surface area (Å²) < 4.78 is 0. The van der Waals surface area contributed by atoms with Crippen molar-refractivity contribution in [3.05, 3.63) is 40.0 Å². The third-order valence-corrected chi connectivity index (χ3v) is 5.70. The van der Waals surface area contributed by atoms with Gasteiger partial charge in [-0.3, -0.25) is 0 Å². The van der Waals surface area contributed by atoms with E-state index in [2.05, 4.69) is 53.1 Å². The molecule has 118 valence electrons. The summed E-state index contributed by atoms with van der Waals surface area (Å²) >= 11 is 1.85. The molecule has 1 saturated heterocycles. The highest BCUT2D eigenvalue weighted by atomic mass is 32.1. The molecule has 0 aromatic carbocycles. The zero-order chi connectivity index (χ0) is 15.5. The van der Waals surface area contributed by atoms with Crippen molar-refractivity contribution in [3.63, 3.8) is 0 Å². The largest absolute Gasteiger partial charge is 0.355 e. The second-order valence-corrected chi connectivity index (χ2v) is 7.03. The second kappa shape index (κ2) is 6.75. The summed E-state index contributed by atoms with van der Waals surface area (Å²) in [5.41, 5.74) is 1.18. The van der Waals surface area contributed by atoms with Crippen LogP contribution < -0.4 is 10.2 Å². The number of nitrogens with zero attached hydrogens (tertiary/aromatic N) is 3. The van der Waals surface area contributed by atoms with Crippen molar-refractivity contribution in [1.29, 1.82) is 0 Å². The van der Waals surface area contributed by atoms with Crippen LogP contribution in [0.15, 0.2) is 24.4 Å². The minimum atomic E-state index is 0.367. The van der Waals surface area contributed by atoms with Crippen molar-refractivity contribution in [3.8, 4) is 0 Å². The van der Waals surface area contributed by atoms with Gasteiger partial charge in [-0.15, -0.1) is 11.3 Å². The molecule has 2 atom stereocenters. The van der Waals surface area contributed by atoms with E-state index >= 15 is 0 Å². The van der Waals surface area contributed by atoms with Gasteiger partial charge in [0.05, 0.1) is 10.7 Å². The third kappa shape index (κ3) is 3.31. The van der Waals surface area contributed by atoms with Crippen molar-refractivity contribution < 1.29 is 0 Å². The quantitative estimate of drug-likeness (QED) is 0.918. The number of rotatable bonds is 5. The van der Waals surface area contributed by atoms with Gasteiger partial charge in [0, 0.05) is 36.2 Å². The molecule has 3 rings (SSSR count). The van der Waals surface area contributed by atoms with Crippen LogP contribution in [-0.2, 0) is 6.42 Å². The highest BCUT2D eigenvalue weighted by Crippen LogP contribution is 2.27. The van der Waals surface area contributed by atoms with Crippen molar-refractivity contribution in [2.45, 2.75) is 45.7 Å². The molecular weight excluding hydrogens is 292 g/mol. The normalized spacial score (nSPS) is 19.6. The second-order valence-electron chi connectivity index (χ2n) is 5.92. The van der Waals surface area contributed by atoms with Gasteiger partial charge in [0.25, 0.3) is 0 Å². The van der Waals surface area contributed by atoms with Crippen LogP contribution in [0.2, 0.25) is 0 Å². The molecule has 2 aromatic heterocycles. The Bertz CT molecular complexity index is 610. The minimum Gasteiger partial charge on any atom is -0.355 e. The highest BCUT2D eigenvalue weighted by Gasteiger charge is 2.25. The molecule has 1 aliphatic heterocycles. The first kappa shape index (κ1) is 15.4. The zero-order valence-electron chi connectivity index (χ0n) is 13.5. The molecule has 0 spiro atoms. The maximum Gasteiger partial charge on any atom is 0.128 e. The molecule has 0 unspecified atom stereocenters. The Morgan fingerprint density at radius 2 is 2.32 bits per heavy atom. The van der Waals surface area contributed by atoms with Crippen molar-refractivity contribution in [1.82, 2.24) is 15.3 Å².